The topological polar surface area (TPSA) is 219 Å². The highest BCUT2D eigenvalue weighted by Crippen LogP contribution is 2.50. The number of benzene rings is 1. The Hall–Kier alpha value is -4.88. The Morgan fingerprint density at radius 1 is 0.926 bits per heavy atom. The number of rotatable bonds is 16. The molecular weight excluding hydrogens is 723 g/mol. The second-order valence-electron chi connectivity index (χ2n) is 13.9. The summed E-state index contributed by atoms with van der Waals surface area (Å²) >= 11 is 0. The number of hydrogen-bond donors (Lipinski definition) is 2. The van der Waals surface area contributed by atoms with Crippen LogP contribution in [0.25, 0.3) is 5.52 Å². The normalized spacial score (nSPS) is 21.4. The molecule has 0 spiro atoms. The van der Waals surface area contributed by atoms with E-state index >= 15 is 0 Å². The van der Waals surface area contributed by atoms with Crippen LogP contribution < -0.4 is 14.9 Å². The van der Waals surface area contributed by atoms with Crippen molar-refractivity contribution in [2.45, 2.75) is 98.4 Å². The number of nitrogens with zero attached hydrogens (tertiary/aromatic N) is 4. The van der Waals surface area contributed by atoms with E-state index in [-0.39, 0.29) is 29.1 Å². The molecule has 0 saturated carbocycles. The van der Waals surface area contributed by atoms with Crippen molar-refractivity contribution in [3.05, 3.63) is 54.5 Å². The van der Waals surface area contributed by atoms with Crippen molar-refractivity contribution in [3.63, 3.8) is 0 Å². The van der Waals surface area contributed by atoms with Crippen LogP contribution in [0.3, 0.4) is 0 Å². The number of nitrogens with one attached hydrogen (secondary N) is 2. The number of fused-ring (bicyclic) bond motifs is 1. The van der Waals surface area contributed by atoms with E-state index in [4.69, 9.17) is 28.0 Å². The van der Waals surface area contributed by atoms with Crippen molar-refractivity contribution in [1.29, 1.82) is 5.26 Å². The maximum absolute atomic E-state index is 14.5. The van der Waals surface area contributed by atoms with Gasteiger partial charge in [-0.1, -0.05) is 59.7 Å². The van der Waals surface area contributed by atoms with Gasteiger partial charge >= 0.3 is 25.7 Å². The summed E-state index contributed by atoms with van der Waals surface area (Å²) in [5.41, 5.74) is -1.74. The van der Waals surface area contributed by atoms with Crippen molar-refractivity contribution in [3.8, 4) is 11.8 Å². The molecule has 54 heavy (non-hydrogen) atoms. The van der Waals surface area contributed by atoms with Crippen molar-refractivity contribution in [2.75, 3.05) is 11.9 Å². The Labute approximate surface area is 313 Å². The Balaban J connectivity index is 1.83. The lowest BCUT2D eigenvalue weighted by Crippen LogP contribution is -2.50. The molecule has 2 N–H and O–H groups in total. The van der Waals surface area contributed by atoms with Crippen LogP contribution >= 0.6 is 7.75 Å². The van der Waals surface area contributed by atoms with Gasteiger partial charge in [-0.05, 0) is 45.0 Å². The first kappa shape index (κ1) is 41.9. The zero-order valence-corrected chi connectivity index (χ0v) is 32.6. The molecule has 1 unspecified atom stereocenters. The van der Waals surface area contributed by atoms with E-state index in [0.717, 1.165) is 0 Å². The fourth-order valence-corrected chi connectivity index (χ4v) is 6.63. The van der Waals surface area contributed by atoms with Crippen LogP contribution in [0.5, 0.6) is 5.75 Å². The van der Waals surface area contributed by atoms with Crippen LogP contribution in [0.15, 0.2) is 48.8 Å². The molecule has 2 aromatic heterocycles. The Morgan fingerprint density at radius 3 is 2.17 bits per heavy atom. The second-order valence-corrected chi connectivity index (χ2v) is 15.6. The van der Waals surface area contributed by atoms with Crippen LogP contribution in [0.2, 0.25) is 0 Å². The Kier molecular flexibility index (Phi) is 13.6. The van der Waals surface area contributed by atoms with E-state index in [1.165, 1.54) is 29.9 Å². The van der Waals surface area contributed by atoms with E-state index in [1.807, 2.05) is 6.07 Å². The maximum Gasteiger partial charge on any atom is 0.459 e. The number of anilines is 1. The van der Waals surface area contributed by atoms with Crippen LogP contribution in [0.1, 0.15) is 74.1 Å². The largest absolute Gasteiger partial charge is 0.462 e. The van der Waals surface area contributed by atoms with E-state index in [2.05, 4.69) is 20.5 Å². The van der Waals surface area contributed by atoms with E-state index in [1.54, 1.807) is 85.7 Å². The molecule has 1 aliphatic rings. The first-order valence-electron chi connectivity index (χ1n) is 17.5. The van der Waals surface area contributed by atoms with Gasteiger partial charge in [-0.2, -0.15) is 15.4 Å². The van der Waals surface area contributed by atoms with Gasteiger partial charge in [0.05, 0.1) is 23.6 Å². The SMILES string of the molecule is CC(C)OC(=O)[C@H](C)NP(=O)(OC[C@@]1(C#N)O[C@@H](c2ccc3c(NC(=O)C(C)C)ncnn23)[C@H](OC(=O)C(C)C)[C@@H]1OC(=O)C(C)C)Oc1ccccc1. The zero-order chi connectivity index (χ0) is 40.0. The van der Waals surface area contributed by atoms with Crippen LogP contribution in [-0.2, 0) is 47.2 Å². The minimum atomic E-state index is -4.59. The fraction of sp³-hybridized carbons (Fsp3) is 0.528. The quantitative estimate of drug-likeness (QED) is 0.112. The van der Waals surface area contributed by atoms with Gasteiger partial charge in [0.15, 0.2) is 18.0 Å². The molecule has 3 aromatic rings. The highest BCUT2D eigenvalue weighted by molar-refractivity contribution is 7.52. The minimum absolute atomic E-state index is 0.0974. The molecule has 1 amide bonds. The highest BCUT2D eigenvalue weighted by atomic mass is 31.2. The number of ether oxygens (including phenoxy) is 4. The van der Waals surface area contributed by atoms with E-state index < -0.39 is 80.2 Å². The predicted molar refractivity (Wildman–Crippen MR) is 193 cm³/mol. The van der Waals surface area contributed by atoms with Crippen LogP contribution in [-0.4, -0.2) is 75.0 Å². The average molecular weight is 771 g/mol. The number of hydrogen-bond acceptors (Lipinski definition) is 14. The Morgan fingerprint density at radius 2 is 1.57 bits per heavy atom. The third kappa shape index (κ3) is 9.80. The van der Waals surface area contributed by atoms with Gasteiger partial charge in [0.2, 0.25) is 11.5 Å². The zero-order valence-electron chi connectivity index (χ0n) is 31.7. The summed E-state index contributed by atoms with van der Waals surface area (Å²) in [6.45, 7) is 13.6. The molecule has 292 valence electrons. The lowest BCUT2D eigenvalue weighted by molar-refractivity contribution is -0.173. The van der Waals surface area contributed by atoms with Crippen molar-refractivity contribution in [2.24, 2.45) is 17.8 Å². The van der Waals surface area contributed by atoms with Gasteiger partial charge in [0, 0.05) is 5.92 Å². The first-order chi connectivity index (χ1) is 25.4. The van der Waals surface area contributed by atoms with Crippen LogP contribution in [0.4, 0.5) is 5.82 Å². The van der Waals surface area contributed by atoms with Crippen molar-refractivity contribution in [1.82, 2.24) is 19.7 Å². The average Bonchev–Trinajstić information content (AvgIpc) is 3.67. The fourth-order valence-electron chi connectivity index (χ4n) is 5.11. The lowest BCUT2D eigenvalue weighted by atomic mass is 9.95. The molecule has 4 rings (SSSR count). The smallest absolute Gasteiger partial charge is 0.459 e. The highest BCUT2D eigenvalue weighted by Gasteiger charge is 2.62. The molecule has 0 radical (unpaired) electrons. The second kappa shape index (κ2) is 17.5. The molecular formula is C36H47N6O11P. The predicted octanol–water partition coefficient (Wildman–Crippen LogP) is 4.93. The molecule has 18 heteroatoms. The molecule has 1 saturated heterocycles. The van der Waals surface area contributed by atoms with Crippen molar-refractivity contribution >= 4 is 42.9 Å². The molecule has 1 fully saturated rings. The minimum Gasteiger partial charge on any atom is -0.462 e. The number of aromatic nitrogens is 3. The maximum atomic E-state index is 14.5. The molecule has 1 aromatic carbocycles. The number of nitriles is 1. The molecule has 0 bridgehead atoms. The van der Waals surface area contributed by atoms with Gasteiger partial charge in [0.1, 0.15) is 42.4 Å². The lowest BCUT2D eigenvalue weighted by Gasteiger charge is -2.31. The molecule has 6 atom stereocenters. The molecule has 1 aliphatic heterocycles. The number of carbonyl (C=O) groups is 4. The van der Waals surface area contributed by atoms with Gasteiger partial charge < -0.3 is 28.8 Å². The van der Waals surface area contributed by atoms with Gasteiger partial charge in [-0.3, -0.25) is 23.7 Å². The third-order valence-electron chi connectivity index (χ3n) is 8.03. The van der Waals surface area contributed by atoms with Gasteiger partial charge in [-0.15, -0.1) is 0 Å². The monoisotopic (exact) mass is 770 g/mol. The third-order valence-corrected chi connectivity index (χ3v) is 9.66. The standard InChI is InChI=1S/C36H47N6O11P/c1-20(2)32(43)40-31-27-16-15-26(42(27)39-19-38-31)28-29(50-33(44)21(3)4)30(51-34(45)22(5)6)36(17-37,52-28)18-48-54(47,53-25-13-11-10-12-14-25)41-24(9)35(46)49-23(7)8/h10-16,19-24,28-30H,18H2,1-9H3,(H,41,47)(H,38,39,40,43)/t24-,28-,29-,30-,36+,54?/m0/s1. The first-order valence-corrected chi connectivity index (χ1v) is 19.1. The Bertz CT molecular complexity index is 1910. The van der Waals surface area contributed by atoms with Gasteiger partial charge in [0.25, 0.3) is 0 Å². The summed E-state index contributed by atoms with van der Waals surface area (Å²) in [5.74, 6) is -3.96. The van der Waals surface area contributed by atoms with E-state index in [9.17, 15) is 29.0 Å². The number of esters is 3. The van der Waals surface area contributed by atoms with Crippen molar-refractivity contribution < 1.29 is 51.7 Å². The number of para-hydroxylation sites is 1. The summed E-state index contributed by atoms with van der Waals surface area (Å²) < 4.78 is 51.1. The number of amides is 1. The summed E-state index contributed by atoms with van der Waals surface area (Å²) in [7, 11) is -4.59. The number of carbonyl (C=O) groups excluding carboxylic acids is 4. The van der Waals surface area contributed by atoms with E-state index in [0.29, 0.717) is 5.52 Å². The summed E-state index contributed by atoms with van der Waals surface area (Å²) in [6.07, 6.45) is -3.78. The molecule has 17 nitrogen and oxygen atoms in total. The summed E-state index contributed by atoms with van der Waals surface area (Å²) in [6, 6.07) is 11.9. The van der Waals surface area contributed by atoms with Gasteiger partial charge in [-0.25, -0.2) is 14.1 Å². The summed E-state index contributed by atoms with van der Waals surface area (Å²) in [5, 5.41) is 20.5. The van der Waals surface area contributed by atoms with Crippen LogP contribution in [0, 0.1) is 29.1 Å². The summed E-state index contributed by atoms with van der Waals surface area (Å²) in [4.78, 5) is 56.0. The molecule has 0 aliphatic carbocycles. The molecule has 3 heterocycles.